The quantitative estimate of drug-likeness (QED) is 0.458. The second-order valence-electron chi connectivity index (χ2n) is 4.91. The van der Waals surface area contributed by atoms with Crippen LogP contribution < -0.4 is 0 Å². The van der Waals surface area contributed by atoms with Crippen molar-refractivity contribution in [3.8, 4) is 0 Å². The number of esters is 1. The van der Waals surface area contributed by atoms with Gasteiger partial charge in [-0.1, -0.05) is 0 Å². The third-order valence-corrected chi connectivity index (χ3v) is 2.46. The molecule has 0 bridgehead atoms. The van der Waals surface area contributed by atoms with E-state index in [0.29, 0.717) is 12.2 Å². The van der Waals surface area contributed by atoms with Gasteiger partial charge in [-0.2, -0.15) is 0 Å². The highest BCUT2D eigenvalue weighted by Crippen LogP contribution is 2.42. The molecule has 2 rings (SSSR count). The lowest BCUT2D eigenvalue weighted by molar-refractivity contribution is -0.160. The molecule has 2 aliphatic rings. The van der Waals surface area contributed by atoms with E-state index in [9.17, 15) is 4.79 Å². The van der Waals surface area contributed by atoms with Gasteiger partial charge in [0.15, 0.2) is 0 Å². The molecule has 3 heteroatoms. The average Bonchev–Trinajstić information content (AvgIpc) is 2.55. The van der Waals surface area contributed by atoms with Crippen LogP contribution in [0.3, 0.4) is 0 Å². The van der Waals surface area contributed by atoms with Crippen molar-refractivity contribution < 1.29 is 14.3 Å². The van der Waals surface area contributed by atoms with Crippen LogP contribution >= 0.6 is 0 Å². The van der Waals surface area contributed by atoms with Gasteiger partial charge in [-0.3, -0.25) is 4.79 Å². The first-order chi connectivity index (χ1) is 5.96. The summed E-state index contributed by atoms with van der Waals surface area (Å²) >= 11 is 0. The topological polar surface area (TPSA) is 38.8 Å². The zero-order chi connectivity index (χ0) is 9.64. The highest BCUT2D eigenvalue weighted by Gasteiger charge is 2.51. The highest BCUT2D eigenvalue weighted by atomic mass is 16.6. The number of fused-ring (bicyclic) bond motifs is 1. The van der Waals surface area contributed by atoms with Crippen molar-refractivity contribution in [2.45, 2.75) is 51.4 Å². The van der Waals surface area contributed by atoms with Crippen LogP contribution in [0.1, 0.15) is 33.6 Å². The summed E-state index contributed by atoms with van der Waals surface area (Å²) in [5.74, 6) is 0.0336. The van der Waals surface area contributed by atoms with Crippen LogP contribution in [0, 0.1) is 5.92 Å². The number of carbonyl (C=O) groups excluding carboxylic acids is 1. The van der Waals surface area contributed by atoms with E-state index < -0.39 is 0 Å². The lowest BCUT2D eigenvalue weighted by Crippen LogP contribution is -2.28. The summed E-state index contributed by atoms with van der Waals surface area (Å²) in [5, 5.41) is 0. The summed E-state index contributed by atoms with van der Waals surface area (Å²) in [4.78, 5) is 11.5. The van der Waals surface area contributed by atoms with Gasteiger partial charge in [0.1, 0.15) is 5.60 Å². The van der Waals surface area contributed by atoms with Crippen LogP contribution in [0.25, 0.3) is 0 Å². The molecule has 1 saturated carbocycles. The Bertz CT molecular complexity index is 219. The zero-order valence-electron chi connectivity index (χ0n) is 8.37. The lowest BCUT2D eigenvalue weighted by atomic mass is 10.1. The van der Waals surface area contributed by atoms with Gasteiger partial charge in [0.2, 0.25) is 0 Å². The fraction of sp³-hybridized carbons (Fsp3) is 0.900. The Labute approximate surface area is 78.4 Å². The molecular formula is C10H16O3. The van der Waals surface area contributed by atoms with E-state index in [1.54, 1.807) is 0 Å². The number of rotatable bonds is 1. The Morgan fingerprint density at radius 1 is 1.31 bits per heavy atom. The molecule has 3 nitrogen and oxygen atoms in total. The molecule has 3 atom stereocenters. The minimum atomic E-state index is -0.356. The predicted octanol–water partition coefficient (Wildman–Crippen LogP) is 1.51. The lowest BCUT2D eigenvalue weighted by Gasteiger charge is -2.22. The Kier molecular flexibility index (Phi) is 1.88. The Morgan fingerprint density at radius 3 is 2.31 bits per heavy atom. The van der Waals surface area contributed by atoms with E-state index in [2.05, 4.69) is 0 Å². The van der Waals surface area contributed by atoms with Crippen molar-refractivity contribution in [3.05, 3.63) is 0 Å². The first-order valence-electron chi connectivity index (χ1n) is 4.84. The Balaban J connectivity index is 1.84. The average molecular weight is 184 g/mol. The van der Waals surface area contributed by atoms with Crippen LogP contribution in [-0.2, 0) is 14.3 Å². The minimum Gasteiger partial charge on any atom is -0.460 e. The Morgan fingerprint density at radius 2 is 1.85 bits per heavy atom. The molecule has 0 amide bonds. The standard InChI is InChI=1S/C10H16O3/c1-10(2,3)13-9(11)6-4-7-8(5-6)12-7/h6-8H,4-5H2,1-3H3/t6?,7-,8+. The van der Waals surface area contributed by atoms with Crippen LogP contribution in [0.2, 0.25) is 0 Å². The molecule has 0 spiro atoms. The van der Waals surface area contributed by atoms with Crippen molar-refractivity contribution in [2.24, 2.45) is 5.92 Å². The van der Waals surface area contributed by atoms with Crippen LogP contribution in [-0.4, -0.2) is 23.8 Å². The molecule has 1 aliphatic heterocycles. The Hall–Kier alpha value is -0.570. The molecule has 0 aromatic rings. The molecule has 1 unspecified atom stereocenters. The molecule has 2 fully saturated rings. The second-order valence-corrected chi connectivity index (χ2v) is 4.91. The fourth-order valence-corrected chi connectivity index (χ4v) is 1.83. The zero-order valence-corrected chi connectivity index (χ0v) is 8.37. The smallest absolute Gasteiger partial charge is 0.309 e. The summed E-state index contributed by atoms with van der Waals surface area (Å²) in [6, 6.07) is 0. The van der Waals surface area contributed by atoms with Gasteiger partial charge < -0.3 is 9.47 Å². The van der Waals surface area contributed by atoms with E-state index in [1.807, 2.05) is 20.8 Å². The number of hydrogen-bond acceptors (Lipinski definition) is 3. The van der Waals surface area contributed by atoms with E-state index in [1.165, 1.54) is 0 Å². The van der Waals surface area contributed by atoms with Gasteiger partial charge >= 0.3 is 5.97 Å². The maximum atomic E-state index is 11.5. The largest absolute Gasteiger partial charge is 0.460 e. The third kappa shape index (κ3) is 2.02. The summed E-state index contributed by atoms with van der Waals surface area (Å²) in [7, 11) is 0. The maximum absolute atomic E-state index is 11.5. The van der Waals surface area contributed by atoms with E-state index in [0.717, 1.165) is 12.8 Å². The first kappa shape index (κ1) is 9.00. The molecular weight excluding hydrogens is 168 g/mol. The number of carbonyl (C=O) groups is 1. The summed E-state index contributed by atoms with van der Waals surface area (Å²) in [5.41, 5.74) is -0.356. The van der Waals surface area contributed by atoms with Crippen molar-refractivity contribution in [1.82, 2.24) is 0 Å². The normalized spacial score (nSPS) is 37.0. The molecule has 13 heavy (non-hydrogen) atoms. The summed E-state index contributed by atoms with van der Waals surface area (Å²) in [6.45, 7) is 5.70. The molecule has 0 aromatic carbocycles. The number of ether oxygens (including phenoxy) is 2. The summed E-state index contributed by atoms with van der Waals surface area (Å²) in [6.07, 6.45) is 2.44. The first-order valence-corrected chi connectivity index (χ1v) is 4.84. The van der Waals surface area contributed by atoms with Crippen LogP contribution in [0.4, 0.5) is 0 Å². The molecule has 1 aliphatic carbocycles. The van der Waals surface area contributed by atoms with Gasteiger partial charge in [0, 0.05) is 0 Å². The predicted molar refractivity (Wildman–Crippen MR) is 47.2 cm³/mol. The van der Waals surface area contributed by atoms with Gasteiger partial charge in [0.05, 0.1) is 18.1 Å². The highest BCUT2D eigenvalue weighted by molar-refractivity contribution is 5.73. The van der Waals surface area contributed by atoms with Crippen molar-refractivity contribution in [2.75, 3.05) is 0 Å². The van der Waals surface area contributed by atoms with Crippen molar-refractivity contribution >= 4 is 5.97 Å². The second kappa shape index (κ2) is 2.71. The van der Waals surface area contributed by atoms with Gasteiger partial charge in [-0.05, 0) is 33.6 Å². The molecule has 1 heterocycles. The van der Waals surface area contributed by atoms with Crippen molar-refractivity contribution in [3.63, 3.8) is 0 Å². The van der Waals surface area contributed by atoms with Gasteiger partial charge in [-0.25, -0.2) is 0 Å². The molecule has 0 radical (unpaired) electrons. The van der Waals surface area contributed by atoms with E-state index in [-0.39, 0.29) is 17.5 Å². The van der Waals surface area contributed by atoms with Gasteiger partial charge in [0.25, 0.3) is 0 Å². The summed E-state index contributed by atoms with van der Waals surface area (Å²) < 4.78 is 10.6. The fourth-order valence-electron chi connectivity index (χ4n) is 1.83. The van der Waals surface area contributed by atoms with Crippen LogP contribution in [0.5, 0.6) is 0 Å². The molecule has 0 aromatic heterocycles. The molecule has 74 valence electrons. The maximum Gasteiger partial charge on any atom is 0.309 e. The number of epoxide rings is 1. The third-order valence-electron chi connectivity index (χ3n) is 2.46. The minimum absolute atomic E-state index is 0.0525. The van der Waals surface area contributed by atoms with E-state index >= 15 is 0 Å². The monoisotopic (exact) mass is 184 g/mol. The van der Waals surface area contributed by atoms with Crippen molar-refractivity contribution in [1.29, 1.82) is 0 Å². The molecule has 1 saturated heterocycles. The number of hydrogen-bond donors (Lipinski definition) is 0. The molecule has 0 N–H and O–H groups in total. The SMILES string of the molecule is CC(C)(C)OC(=O)C1C[C@@H]2O[C@@H]2C1. The van der Waals surface area contributed by atoms with Crippen LogP contribution in [0.15, 0.2) is 0 Å². The van der Waals surface area contributed by atoms with E-state index in [4.69, 9.17) is 9.47 Å². The van der Waals surface area contributed by atoms with Gasteiger partial charge in [-0.15, -0.1) is 0 Å².